The number of nitrogens with zero attached hydrogens (tertiary/aromatic N) is 1. The molecule has 0 saturated carbocycles. The molecule has 0 aliphatic carbocycles. The van der Waals surface area contributed by atoms with Gasteiger partial charge in [0, 0.05) is 11.3 Å². The molecule has 1 heterocycles. The number of nitrogens with one attached hydrogen (secondary N) is 1. The van der Waals surface area contributed by atoms with Gasteiger partial charge in [0.25, 0.3) is 0 Å². The van der Waals surface area contributed by atoms with E-state index >= 15 is 0 Å². The van der Waals surface area contributed by atoms with Crippen LogP contribution >= 0.6 is 0 Å². The number of rotatable bonds is 2. The first-order valence-corrected chi connectivity index (χ1v) is 4.99. The zero-order chi connectivity index (χ0) is 12.4. The third kappa shape index (κ3) is 2.08. The molecule has 0 radical (unpaired) electrons. The van der Waals surface area contributed by atoms with Crippen molar-refractivity contribution < 1.29 is 9.90 Å². The van der Waals surface area contributed by atoms with E-state index in [1.165, 1.54) is 0 Å². The van der Waals surface area contributed by atoms with Gasteiger partial charge < -0.3 is 10.1 Å². The zero-order valence-electron chi connectivity index (χ0n) is 9.10. The van der Waals surface area contributed by atoms with Crippen LogP contribution in [0.1, 0.15) is 16.1 Å². The van der Waals surface area contributed by atoms with Crippen LogP contribution in [0.25, 0.3) is 11.3 Å². The molecule has 1 aromatic heterocycles. The van der Waals surface area contributed by atoms with E-state index in [1.54, 1.807) is 31.2 Å². The second kappa shape index (κ2) is 4.21. The van der Waals surface area contributed by atoms with Crippen molar-refractivity contribution in [3.8, 4) is 11.3 Å². The van der Waals surface area contributed by atoms with Crippen LogP contribution in [0.15, 0.2) is 35.1 Å². The van der Waals surface area contributed by atoms with Crippen LogP contribution in [0.2, 0.25) is 0 Å². The highest BCUT2D eigenvalue weighted by molar-refractivity contribution is 5.95. The van der Waals surface area contributed by atoms with Crippen LogP contribution < -0.4 is 5.69 Å². The molecular formula is C12H10N2O3. The maximum atomic E-state index is 11.3. The Bertz CT molecular complexity index is 617. The summed E-state index contributed by atoms with van der Waals surface area (Å²) >= 11 is 0. The Hall–Kier alpha value is -2.43. The van der Waals surface area contributed by atoms with E-state index in [1.807, 2.05) is 6.07 Å². The molecule has 17 heavy (non-hydrogen) atoms. The highest BCUT2D eigenvalue weighted by Crippen LogP contribution is 2.21. The Balaban J connectivity index is 2.77. The third-order valence-electron chi connectivity index (χ3n) is 2.38. The van der Waals surface area contributed by atoms with Crippen LogP contribution in [-0.4, -0.2) is 21.0 Å². The highest BCUT2D eigenvalue weighted by atomic mass is 16.4. The van der Waals surface area contributed by atoms with E-state index in [2.05, 4.69) is 9.97 Å². The monoisotopic (exact) mass is 230 g/mol. The first kappa shape index (κ1) is 11.1. The van der Waals surface area contributed by atoms with Gasteiger partial charge in [-0.05, 0) is 6.92 Å². The van der Waals surface area contributed by atoms with Gasteiger partial charge in [-0.15, -0.1) is 0 Å². The summed E-state index contributed by atoms with van der Waals surface area (Å²) in [4.78, 5) is 28.6. The topological polar surface area (TPSA) is 83.0 Å². The number of aromatic carboxylic acids is 1. The molecule has 0 saturated heterocycles. The summed E-state index contributed by atoms with van der Waals surface area (Å²) in [6.45, 7) is 1.54. The molecule has 86 valence electrons. The quantitative estimate of drug-likeness (QED) is 0.817. The van der Waals surface area contributed by atoms with Crippen molar-refractivity contribution in [3.05, 3.63) is 52.1 Å². The summed E-state index contributed by atoms with van der Waals surface area (Å²) in [5.41, 5.74) is 0.581. The minimum atomic E-state index is -1.11. The van der Waals surface area contributed by atoms with Crippen LogP contribution in [0, 0.1) is 6.92 Å². The first-order chi connectivity index (χ1) is 8.09. The number of aryl methyl sites for hydroxylation is 1. The van der Waals surface area contributed by atoms with Gasteiger partial charge in [0.2, 0.25) is 0 Å². The second-order valence-electron chi connectivity index (χ2n) is 3.56. The maximum absolute atomic E-state index is 11.3. The number of H-pyrrole nitrogens is 1. The number of aromatic nitrogens is 2. The predicted molar refractivity (Wildman–Crippen MR) is 62.0 cm³/mol. The molecule has 0 unspecified atom stereocenters. The Morgan fingerprint density at radius 1 is 1.29 bits per heavy atom. The van der Waals surface area contributed by atoms with Crippen molar-refractivity contribution in [3.63, 3.8) is 0 Å². The van der Waals surface area contributed by atoms with Crippen molar-refractivity contribution in [1.82, 2.24) is 9.97 Å². The second-order valence-corrected chi connectivity index (χ2v) is 3.56. The smallest absolute Gasteiger partial charge is 0.345 e. The Morgan fingerprint density at radius 2 is 1.94 bits per heavy atom. The molecule has 0 spiro atoms. The lowest BCUT2D eigenvalue weighted by Gasteiger charge is -2.06. The number of aromatic amines is 1. The average Bonchev–Trinajstić information content (AvgIpc) is 2.28. The molecule has 1 aromatic carbocycles. The fourth-order valence-corrected chi connectivity index (χ4v) is 1.65. The number of hydrogen-bond acceptors (Lipinski definition) is 3. The fraction of sp³-hybridized carbons (Fsp3) is 0.0833. The van der Waals surface area contributed by atoms with E-state index in [4.69, 9.17) is 5.11 Å². The molecular weight excluding hydrogens is 220 g/mol. The maximum Gasteiger partial charge on any atom is 0.345 e. The van der Waals surface area contributed by atoms with Crippen LogP contribution in [0.4, 0.5) is 0 Å². The van der Waals surface area contributed by atoms with Gasteiger partial charge in [0.05, 0.1) is 5.69 Å². The van der Waals surface area contributed by atoms with Crippen LogP contribution in [0.5, 0.6) is 0 Å². The summed E-state index contributed by atoms with van der Waals surface area (Å²) < 4.78 is 0. The van der Waals surface area contributed by atoms with Gasteiger partial charge in [0.15, 0.2) is 0 Å². The van der Waals surface area contributed by atoms with E-state index in [0.29, 0.717) is 11.3 Å². The zero-order valence-corrected chi connectivity index (χ0v) is 9.10. The number of carbonyl (C=O) groups is 1. The minimum Gasteiger partial charge on any atom is -0.478 e. The van der Waals surface area contributed by atoms with Crippen molar-refractivity contribution in [2.45, 2.75) is 6.92 Å². The lowest BCUT2D eigenvalue weighted by molar-refractivity contribution is 0.0696. The average molecular weight is 230 g/mol. The third-order valence-corrected chi connectivity index (χ3v) is 2.38. The molecule has 2 N–H and O–H groups in total. The van der Waals surface area contributed by atoms with Crippen LogP contribution in [0.3, 0.4) is 0 Å². The van der Waals surface area contributed by atoms with Gasteiger partial charge in [0.1, 0.15) is 5.56 Å². The predicted octanol–water partition coefficient (Wildman–Crippen LogP) is 1.44. The number of carboxylic acids is 1. The Morgan fingerprint density at radius 3 is 2.53 bits per heavy atom. The lowest BCUT2D eigenvalue weighted by atomic mass is 10.1. The lowest BCUT2D eigenvalue weighted by Crippen LogP contribution is -2.18. The molecule has 5 heteroatoms. The van der Waals surface area contributed by atoms with Crippen molar-refractivity contribution >= 4 is 5.97 Å². The normalized spacial score (nSPS) is 10.2. The van der Waals surface area contributed by atoms with E-state index in [9.17, 15) is 9.59 Å². The van der Waals surface area contributed by atoms with Gasteiger partial charge in [-0.3, -0.25) is 0 Å². The van der Waals surface area contributed by atoms with Crippen molar-refractivity contribution in [2.24, 2.45) is 0 Å². The molecule has 0 amide bonds. The first-order valence-electron chi connectivity index (χ1n) is 4.99. The molecule has 0 atom stereocenters. The SMILES string of the molecule is Cc1[nH]c(=O)nc(-c2ccccc2)c1C(=O)O. The standard InChI is InChI=1S/C12H10N2O3/c1-7-9(11(15)16)10(14-12(17)13-7)8-5-3-2-4-6-8/h2-6H,1H3,(H,15,16)(H,13,14,17). The van der Waals surface area contributed by atoms with Gasteiger partial charge >= 0.3 is 11.7 Å². The Labute approximate surface area is 96.8 Å². The summed E-state index contributed by atoms with van der Waals surface area (Å²) in [5.74, 6) is -1.11. The molecule has 0 aliphatic heterocycles. The van der Waals surface area contributed by atoms with E-state index in [-0.39, 0.29) is 11.3 Å². The molecule has 0 bridgehead atoms. The minimum absolute atomic E-state index is 0.0239. The number of carboxylic acid groups (broad SMARTS) is 1. The van der Waals surface area contributed by atoms with Gasteiger partial charge in [-0.25, -0.2) is 9.59 Å². The molecule has 5 nitrogen and oxygen atoms in total. The largest absolute Gasteiger partial charge is 0.478 e. The number of benzene rings is 1. The summed E-state index contributed by atoms with van der Waals surface area (Å²) in [6.07, 6.45) is 0. The van der Waals surface area contributed by atoms with Crippen molar-refractivity contribution in [1.29, 1.82) is 0 Å². The van der Waals surface area contributed by atoms with Crippen molar-refractivity contribution in [2.75, 3.05) is 0 Å². The molecule has 0 aliphatic rings. The fourth-order valence-electron chi connectivity index (χ4n) is 1.65. The van der Waals surface area contributed by atoms with E-state index in [0.717, 1.165) is 0 Å². The highest BCUT2D eigenvalue weighted by Gasteiger charge is 2.17. The Kier molecular flexibility index (Phi) is 2.74. The summed E-state index contributed by atoms with van der Waals surface area (Å²) in [5, 5.41) is 9.14. The number of hydrogen-bond donors (Lipinski definition) is 2. The summed E-state index contributed by atoms with van der Waals surface area (Å²) in [7, 11) is 0. The molecule has 0 fully saturated rings. The summed E-state index contributed by atoms with van der Waals surface area (Å²) in [6, 6.07) is 8.77. The van der Waals surface area contributed by atoms with Gasteiger partial charge in [-0.2, -0.15) is 4.98 Å². The molecule has 2 aromatic rings. The molecule has 2 rings (SSSR count). The van der Waals surface area contributed by atoms with E-state index < -0.39 is 11.7 Å². The van der Waals surface area contributed by atoms with Gasteiger partial charge in [-0.1, -0.05) is 30.3 Å². The van der Waals surface area contributed by atoms with Crippen LogP contribution in [-0.2, 0) is 0 Å².